The molecule has 1 atom stereocenters. The monoisotopic (exact) mass is 426 g/mol. The van der Waals surface area contributed by atoms with Gasteiger partial charge in [-0.15, -0.1) is 0 Å². The quantitative estimate of drug-likeness (QED) is 0.455. The molecule has 0 spiro atoms. The first-order chi connectivity index (χ1) is 15.4. The fraction of sp³-hybridized carbons (Fsp3) is 0.259. The molecular weight excluding hydrogens is 396 g/mol. The van der Waals surface area contributed by atoms with E-state index in [1.807, 2.05) is 42.8 Å². The molecule has 0 unspecified atom stereocenters. The number of nitrogens with zero attached hydrogens (tertiary/aromatic N) is 3. The molecule has 5 nitrogen and oxygen atoms in total. The minimum Gasteiger partial charge on any atom is -0.347 e. The van der Waals surface area contributed by atoms with Crippen molar-refractivity contribution in [2.24, 2.45) is 0 Å². The Kier molecular flexibility index (Phi) is 6.26. The van der Waals surface area contributed by atoms with Crippen molar-refractivity contribution in [1.82, 2.24) is 19.4 Å². The lowest BCUT2D eigenvalue weighted by molar-refractivity contribution is 0.0931. The molecule has 2 aromatic heterocycles. The summed E-state index contributed by atoms with van der Waals surface area (Å²) in [4.78, 5) is 17.7. The largest absolute Gasteiger partial charge is 0.347 e. The summed E-state index contributed by atoms with van der Waals surface area (Å²) in [5, 5.41) is 3.30. The molecule has 0 bridgehead atoms. The van der Waals surface area contributed by atoms with Crippen molar-refractivity contribution in [2.75, 3.05) is 0 Å². The summed E-state index contributed by atoms with van der Waals surface area (Å²) >= 11 is 0. The van der Waals surface area contributed by atoms with Gasteiger partial charge in [0.05, 0.1) is 17.9 Å². The van der Waals surface area contributed by atoms with Crippen LogP contribution < -0.4 is 5.32 Å². The van der Waals surface area contributed by atoms with E-state index in [2.05, 4.69) is 65.1 Å². The average molecular weight is 427 g/mol. The van der Waals surface area contributed by atoms with Crippen molar-refractivity contribution < 1.29 is 4.79 Å². The lowest BCUT2D eigenvalue weighted by Crippen LogP contribution is -2.39. The minimum absolute atomic E-state index is 0.0324. The van der Waals surface area contributed by atoms with Gasteiger partial charge in [0.1, 0.15) is 0 Å². The van der Waals surface area contributed by atoms with Crippen molar-refractivity contribution >= 4 is 5.91 Å². The highest BCUT2D eigenvalue weighted by atomic mass is 16.1. The average Bonchev–Trinajstić information content (AvgIpc) is 3.36. The van der Waals surface area contributed by atoms with Crippen LogP contribution in [0, 0.1) is 27.7 Å². The van der Waals surface area contributed by atoms with Crippen LogP contribution in [-0.2, 0) is 13.0 Å². The Labute approximate surface area is 189 Å². The number of rotatable bonds is 7. The topological polar surface area (TPSA) is 51.9 Å². The molecule has 1 N–H and O–H groups in total. The van der Waals surface area contributed by atoms with E-state index in [-0.39, 0.29) is 11.9 Å². The Balaban J connectivity index is 1.63. The first-order valence-electron chi connectivity index (χ1n) is 11.0. The number of nitrogens with one attached hydrogen (secondary N) is 1. The molecule has 2 heterocycles. The first-order valence-corrected chi connectivity index (χ1v) is 11.0. The molecule has 2 aromatic carbocycles. The molecule has 4 aromatic rings. The number of carbonyl (C=O) groups is 1. The molecule has 32 heavy (non-hydrogen) atoms. The highest BCUT2D eigenvalue weighted by molar-refractivity contribution is 5.97. The minimum atomic E-state index is -0.0547. The van der Waals surface area contributed by atoms with E-state index in [4.69, 9.17) is 0 Å². The van der Waals surface area contributed by atoms with Crippen LogP contribution in [0.2, 0.25) is 0 Å². The normalized spacial score (nSPS) is 12.0. The lowest BCUT2D eigenvalue weighted by atomic mass is 10.0. The number of amides is 1. The maximum absolute atomic E-state index is 13.5. The van der Waals surface area contributed by atoms with Crippen LogP contribution in [0.3, 0.4) is 0 Å². The Morgan fingerprint density at radius 2 is 1.69 bits per heavy atom. The summed E-state index contributed by atoms with van der Waals surface area (Å²) in [6.07, 6.45) is 6.23. The van der Waals surface area contributed by atoms with Gasteiger partial charge in [0.25, 0.3) is 5.91 Å². The van der Waals surface area contributed by atoms with Gasteiger partial charge in [-0.1, -0.05) is 48.0 Å². The number of carbonyl (C=O) groups excluding carboxylic acids is 1. The summed E-state index contributed by atoms with van der Waals surface area (Å²) in [6, 6.07) is 18.6. The fourth-order valence-corrected chi connectivity index (χ4v) is 4.37. The molecule has 164 valence electrons. The molecule has 0 aliphatic rings. The third kappa shape index (κ3) is 4.52. The number of imidazole rings is 1. The zero-order valence-electron chi connectivity index (χ0n) is 19.2. The standard InChI is InChI=1S/C27H30N4O/c1-19-10-12-25(13-11-19)31-21(3)20(2)26(22(31)4)27(32)29-24(17-30-15-14-28-18-30)16-23-8-6-5-7-9-23/h5-15,18,24H,16-17H2,1-4H3,(H,29,32)/t24-/m0/s1. The Morgan fingerprint density at radius 3 is 2.34 bits per heavy atom. The third-order valence-electron chi connectivity index (χ3n) is 6.12. The van der Waals surface area contributed by atoms with Gasteiger partial charge < -0.3 is 14.5 Å². The van der Waals surface area contributed by atoms with Crippen LogP contribution in [0.25, 0.3) is 5.69 Å². The first kappa shape index (κ1) is 21.6. The fourth-order valence-electron chi connectivity index (χ4n) is 4.37. The predicted molar refractivity (Wildman–Crippen MR) is 128 cm³/mol. The maximum Gasteiger partial charge on any atom is 0.253 e. The summed E-state index contributed by atoms with van der Waals surface area (Å²) in [6.45, 7) is 8.87. The van der Waals surface area contributed by atoms with Gasteiger partial charge in [-0.25, -0.2) is 4.98 Å². The predicted octanol–water partition coefficient (Wildman–Crippen LogP) is 4.95. The highest BCUT2D eigenvalue weighted by Gasteiger charge is 2.23. The van der Waals surface area contributed by atoms with Gasteiger partial charge in [-0.05, 0) is 57.4 Å². The zero-order valence-corrected chi connectivity index (χ0v) is 19.2. The van der Waals surface area contributed by atoms with Crippen LogP contribution >= 0.6 is 0 Å². The summed E-state index contributed by atoms with van der Waals surface area (Å²) in [7, 11) is 0. The SMILES string of the molecule is Cc1ccc(-n2c(C)c(C)c(C(=O)N[C@@H](Cc3ccccc3)Cn3ccnc3)c2C)cc1. The number of aryl methyl sites for hydroxylation is 1. The number of benzene rings is 2. The zero-order chi connectivity index (χ0) is 22.7. The number of aromatic nitrogens is 3. The van der Waals surface area contributed by atoms with E-state index in [1.165, 1.54) is 11.1 Å². The number of hydrogen-bond acceptors (Lipinski definition) is 2. The molecule has 4 rings (SSSR count). The summed E-state index contributed by atoms with van der Waals surface area (Å²) < 4.78 is 4.18. The van der Waals surface area contributed by atoms with Gasteiger partial charge in [0.15, 0.2) is 0 Å². The van der Waals surface area contributed by atoms with Gasteiger partial charge >= 0.3 is 0 Å². The summed E-state index contributed by atoms with van der Waals surface area (Å²) in [5.41, 5.74) is 7.31. The summed E-state index contributed by atoms with van der Waals surface area (Å²) in [5.74, 6) is -0.0324. The lowest BCUT2D eigenvalue weighted by Gasteiger charge is -2.20. The van der Waals surface area contributed by atoms with E-state index in [1.54, 1.807) is 12.5 Å². The van der Waals surface area contributed by atoms with Crippen molar-refractivity contribution in [2.45, 2.75) is 46.7 Å². The Hall–Kier alpha value is -3.60. The van der Waals surface area contributed by atoms with Gasteiger partial charge in [-0.3, -0.25) is 4.79 Å². The molecule has 0 fully saturated rings. The molecule has 0 radical (unpaired) electrons. The van der Waals surface area contributed by atoms with Crippen molar-refractivity contribution in [3.8, 4) is 5.69 Å². The van der Waals surface area contributed by atoms with Crippen molar-refractivity contribution in [3.63, 3.8) is 0 Å². The highest BCUT2D eigenvalue weighted by Crippen LogP contribution is 2.26. The van der Waals surface area contributed by atoms with Crippen LogP contribution in [0.5, 0.6) is 0 Å². The van der Waals surface area contributed by atoms with Gasteiger partial charge in [0, 0.05) is 36.0 Å². The number of hydrogen-bond donors (Lipinski definition) is 1. The molecule has 0 aliphatic heterocycles. The van der Waals surface area contributed by atoms with Gasteiger partial charge in [-0.2, -0.15) is 0 Å². The van der Waals surface area contributed by atoms with E-state index in [0.29, 0.717) is 6.54 Å². The van der Waals surface area contributed by atoms with E-state index in [9.17, 15) is 4.79 Å². The second-order valence-corrected chi connectivity index (χ2v) is 8.46. The Bertz CT molecular complexity index is 1190. The van der Waals surface area contributed by atoms with Crippen molar-refractivity contribution in [3.05, 3.63) is 107 Å². The molecular formula is C27H30N4O. The van der Waals surface area contributed by atoms with E-state index < -0.39 is 0 Å². The molecule has 0 saturated carbocycles. The van der Waals surface area contributed by atoms with E-state index in [0.717, 1.165) is 34.6 Å². The smallest absolute Gasteiger partial charge is 0.253 e. The van der Waals surface area contributed by atoms with Crippen LogP contribution in [-0.4, -0.2) is 26.1 Å². The van der Waals surface area contributed by atoms with Crippen molar-refractivity contribution in [1.29, 1.82) is 0 Å². The third-order valence-corrected chi connectivity index (χ3v) is 6.12. The molecule has 0 saturated heterocycles. The van der Waals surface area contributed by atoms with Crippen LogP contribution in [0.4, 0.5) is 0 Å². The molecule has 1 amide bonds. The molecule has 0 aliphatic carbocycles. The van der Waals surface area contributed by atoms with Gasteiger partial charge in [0.2, 0.25) is 0 Å². The van der Waals surface area contributed by atoms with Crippen LogP contribution in [0.15, 0.2) is 73.3 Å². The second-order valence-electron chi connectivity index (χ2n) is 8.46. The maximum atomic E-state index is 13.5. The van der Waals surface area contributed by atoms with Crippen LogP contribution in [0.1, 0.15) is 38.4 Å². The Morgan fingerprint density at radius 1 is 0.969 bits per heavy atom. The van der Waals surface area contributed by atoms with E-state index >= 15 is 0 Å². The molecule has 5 heteroatoms. The second kappa shape index (κ2) is 9.27.